The van der Waals surface area contributed by atoms with E-state index in [9.17, 15) is 18.3 Å². The number of carboxylic acids is 1. The molecular formula is C15H15ClN4O4S. The van der Waals surface area contributed by atoms with Crippen molar-refractivity contribution in [2.24, 2.45) is 5.14 Å². The molecule has 1 aliphatic rings. The van der Waals surface area contributed by atoms with Crippen LogP contribution in [0.1, 0.15) is 11.6 Å². The van der Waals surface area contributed by atoms with Crippen LogP contribution in [0, 0.1) is 0 Å². The van der Waals surface area contributed by atoms with Crippen LogP contribution in [0.5, 0.6) is 0 Å². The third-order valence-electron chi connectivity index (χ3n) is 3.90. The Bertz CT molecular complexity index is 918. The molecule has 0 bridgehead atoms. The fraction of sp³-hybridized carbons (Fsp3) is 0.133. The van der Waals surface area contributed by atoms with Gasteiger partial charge in [0.15, 0.2) is 0 Å². The Morgan fingerprint density at radius 1 is 1.08 bits per heavy atom. The molecule has 1 heterocycles. The van der Waals surface area contributed by atoms with Crippen molar-refractivity contribution in [1.29, 1.82) is 0 Å². The van der Waals surface area contributed by atoms with Gasteiger partial charge in [-0.2, -0.15) is 5.53 Å². The fourth-order valence-electron chi connectivity index (χ4n) is 2.63. The second kappa shape index (κ2) is 6.71. The zero-order valence-corrected chi connectivity index (χ0v) is 14.3. The Balaban J connectivity index is 1.92. The molecule has 25 heavy (non-hydrogen) atoms. The van der Waals surface area contributed by atoms with E-state index in [1.165, 1.54) is 12.1 Å². The zero-order valence-electron chi connectivity index (χ0n) is 12.7. The third-order valence-corrected chi connectivity index (χ3v) is 5.29. The third kappa shape index (κ3) is 3.66. The number of sulfonamides is 1. The van der Waals surface area contributed by atoms with Gasteiger partial charge in [-0.3, -0.25) is 4.79 Å². The molecule has 2 aromatic rings. The number of hydrazine groups is 2. The molecule has 1 saturated heterocycles. The Labute approximate surface area is 149 Å². The van der Waals surface area contributed by atoms with Crippen LogP contribution in [-0.2, 0) is 14.8 Å². The summed E-state index contributed by atoms with van der Waals surface area (Å²) < 4.78 is 23.2. The van der Waals surface area contributed by atoms with Gasteiger partial charge in [0, 0.05) is 0 Å². The first-order chi connectivity index (χ1) is 11.8. The van der Waals surface area contributed by atoms with E-state index in [1.54, 1.807) is 30.3 Å². The van der Waals surface area contributed by atoms with Crippen molar-refractivity contribution in [1.82, 2.24) is 16.4 Å². The van der Waals surface area contributed by atoms with Crippen molar-refractivity contribution >= 4 is 27.6 Å². The lowest BCUT2D eigenvalue weighted by Crippen LogP contribution is -2.38. The molecule has 132 valence electrons. The van der Waals surface area contributed by atoms with E-state index in [1.807, 2.05) is 0 Å². The van der Waals surface area contributed by atoms with Crippen LogP contribution in [0.4, 0.5) is 0 Å². The number of nitrogens with one attached hydrogen (secondary N) is 3. The van der Waals surface area contributed by atoms with Crippen molar-refractivity contribution in [3.8, 4) is 11.1 Å². The summed E-state index contributed by atoms with van der Waals surface area (Å²) in [7, 11) is -3.93. The Morgan fingerprint density at radius 3 is 2.32 bits per heavy atom. The highest BCUT2D eigenvalue weighted by atomic mass is 35.5. The smallest absolute Gasteiger partial charge is 0.324 e. The predicted octanol–water partition coefficient (Wildman–Crippen LogP) is 0.761. The van der Waals surface area contributed by atoms with Gasteiger partial charge in [0.2, 0.25) is 10.0 Å². The number of primary sulfonamides is 1. The highest BCUT2D eigenvalue weighted by Crippen LogP contribution is 2.29. The first kappa shape index (κ1) is 17.8. The van der Waals surface area contributed by atoms with Gasteiger partial charge in [0.1, 0.15) is 10.9 Å². The van der Waals surface area contributed by atoms with E-state index in [4.69, 9.17) is 16.7 Å². The van der Waals surface area contributed by atoms with Crippen molar-refractivity contribution in [2.75, 3.05) is 0 Å². The van der Waals surface area contributed by atoms with E-state index in [0.29, 0.717) is 5.56 Å². The molecule has 0 aromatic heterocycles. The quantitative estimate of drug-likeness (QED) is 0.527. The van der Waals surface area contributed by atoms with Gasteiger partial charge in [0.25, 0.3) is 0 Å². The van der Waals surface area contributed by atoms with Crippen molar-refractivity contribution in [3.05, 3.63) is 53.1 Å². The van der Waals surface area contributed by atoms with Gasteiger partial charge >= 0.3 is 5.97 Å². The van der Waals surface area contributed by atoms with Crippen LogP contribution >= 0.6 is 11.6 Å². The number of hydrogen-bond donors (Lipinski definition) is 5. The second-order valence-corrected chi connectivity index (χ2v) is 7.46. The lowest BCUT2D eigenvalue weighted by Gasteiger charge is -2.15. The number of rotatable bonds is 4. The molecule has 2 aromatic carbocycles. The largest absolute Gasteiger partial charge is 0.480 e. The molecule has 0 aliphatic carbocycles. The summed E-state index contributed by atoms with van der Waals surface area (Å²) in [4.78, 5) is 11.1. The maximum absolute atomic E-state index is 11.6. The number of carboxylic acid groups (broad SMARTS) is 1. The van der Waals surface area contributed by atoms with Crippen LogP contribution in [0.15, 0.2) is 47.4 Å². The van der Waals surface area contributed by atoms with Crippen LogP contribution < -0.4 is 21.5 Å². The van der Waals surface area contributed by atoms with E-state index in [-0.39, 0.29) is 9.92 Å². The molecule has 10 heteroatoms. The molecule has 3 rings (SSSR count). The second-order valence-electron chi connectivity index (χ2n) is 5.52. The van der Waals surface area contributed by atoms with Crippen LogP contribution in [0.3, 0.4) is 0 Å². The van der Waals surface area contributed by atoms with Gasteiger partial charge in [-0.1, -0.05) is 41.9 Å². The van der Waals surface area contributed by atoms with Gasteiger partial charge in [-0.15, -0.1) is 0 Å². The summed E-state index contributed by atoms with van der Waals surface area (Å²) >= 11 is 5.89. The van der Waals surface area contributed by atoms with Crippen LogP contribution in [-0.4, -0.2) is 25.5 Å². The van der Waals surface area contributed by atoms with E-state index in [2.05, 4.69) is 16.4 Å². The summed E-state index contributed by atoms with van der Waals surface area (Å²) in [6.07, 6.45) is 0. The van der Waals surface area contributed by atoms with Crippen molar-refractivity contribution in [2.45, 2.75) is 17.0 Å². The molecule has 0 saturated carbocycles. The number of benzene rings is 2. The van der Waals surface area contributed by atoms with Crippen LogP contribution in [0.2, 0.25) is 5.02 Å². The van der Waals surface area contributed by atoms with Gasteiger partial charge in [-0.25, -0.2) is 24.4 Å². The minimum Gasteiger partial charge on any atom is -0.480 e. The summed E-state index contributed by atoms with van der Waals surface area (Å²) in [5.74, 6) is -0.984. The average Bonchev–Trinajstić information content (AvgIpc) is 3.04. The van der Waals surface area contributed by atoms with Gasteiger partial charge in [-0.05, 0) is 28.8 Å². The molecule has 8 nitrogen and oxygen atoms in total. The number of hydrogen-bond acceptors (Lipinski definition) is 6. The first-order valence-electron chi connectivity index (χ1n) is 7.19. The number of carbonyl (C=O) groups is 1. The highest BCUT2D eigenvalue weighted by Gasteiger charge is 2.33. The lowest BCUT2D eigenvalue weighted by molar-refractivity contribution is -0.139. The molecule has 0 amide bonds. The van der Waals surface area contributed by atoms with Gasteiger partial charge in [0.05, 0.1) is 11.1 Å². The summed E-state index contributed by atoms with van der Waals surface area (Å²) in [5.41, 5.74) is 10.2. The Morgan fingerprint density at radius 2 is 1.72 bits per heavy atom. The van der Waals surface area contributed by atoms with E-state index < -0.39 is 28.1 Å². The number of halogens is 1. The van der Waals surface area contributed by atoms with E-state index in [0.717, 1.165) is 11.1 Å². The number of aliphatic carboxylic acids is 1. The molecule has 0 radical (unpaired) electrons. The Hall–Kier alpha value is -2.01. The summed E-state index contributed by atoms with van der Waals surface area (Å²) in [6, 6.07) is 10.4. The molecule has 1 fully saturated rings. The van der Waals surface area contributed by atoms with E-state index >= 15 is 0 Å². The molecule has 0 spiro atoms. The lowest BCUT2D eigenvalue weighted by atomic mass is 9.97. The molecule has 2 atom stereocenters. The minimum atomic E-state index is -3.93. The van der Waals surface area contributed by atoms with Gasteiger partial charge < -0.3 is 5.11 Å². The summed E-state index contributed by atoms with van der Waals surface area (Å²) in [6.45, 7) is 0. The SMILES string of the molecule is NS(=O)(=O)c1cc(-c2ccc(C3NNNC3C(=O)O)cc2)ccc1Cl. The topological polar surface area (TPSA) is 134 Å². The Kier molecular flexibility index (Phi) is 4.78. The summed E-state index contributed by atoms with van der Waals surface area (Å²) in [5, 5.41) is 14.4. The van der Waals surface area contributed by atoms with Crippen molar-refractivity contribution < 1.29 is 18.3 Å². The molecular weight excluding hydrogens is 368 g/mol. The predicted molar refractivity (Wildman–Crippen MR) is 91.8 cm³/mol. The standard InChI is InChI=1S/C15H15ClN4O4S/c16-11-6-5-10(7-12(11)25(17,23)24)8-1-3-9(4-2-8)13-14(15(21)22)19-20-18-13/h1-7,13-14,18-20H,(H,21,22)(H2,17,23,24). The minimum absolute atomic E-state index is 0.0551. The molecule has 2 unspecified atom stereocenters. The fourth-order valence-corrected chi connectivity index (χ4v) is 3.70. The normalized spacial score (nSPS) is 20.6. The average molecular weight is 383 g/mol. The highest BCUT2D eigenvalue weighted by molar-refractivity contribution is 7.89. The molecule has 6 N–H and O–H groups in total. The number of nitrogens with two attached hydrogens (primary N) is 1. The maximum Gasteiger partial charge on any atom is 0.324 e. The monoisotopic (exact) mass is 382 g/mol. The first-order valence-corrected chi connectivity index (χ1v) is 9.11. The maximum atomic E-state index is 11.6. The van der Waals surface area contributed by atoms with Crippen LogP contribution in [0.25, 0.3) is 11.1 Å². The molecule has 1 aliphatic heterocycles. The van der Waals surface area contributed by atoms with Crippen molar-refractivity contribution in [3.63, 3.8) is 0 Å². The zero-order chi connectivity index (χ0) is 18.2.